The number of hydrogen-bond acceptors (Lipinski definition) is 4. The minimum Gasteiger partial charge on any atom is -0.240 e. The fraction of sp³-hybridized carbons (Fsp3) is 0.0667. The van der Waals surface area contributed by atoms with Crippen molar-refractivity contribution in [2.24, 2.45) is 0 Å². The number of benzene rings is 2. The third-order valence-corrected chi connectivity index (χ3v) is 6.81. The zero-order valence-electron chi connectivity index (χ0n) is 12.3. The molecule has 0 aliphatic carbocycles. The number of halogens is 2. The van der Waals surface area contributed by atoms with E-state index in [1.165, 1.54) is 30.3 Å². The molecule has 0 bridgehead atoms. The van der Waals surface area contributed by atoms with Gasteiger partial charge in [0.1, 0.15) is 4.90 Å². The third kappa shape index (κ3) is 2.93. The van der Waals surface area contributed by atoms with Crippen molar-refractivity contribution in [3.8, 4) is 0 Å². The van der Waals surface area contributed by atoms with Gasteiger partial charge in [0, 0.05) is 27.3 Å². The zero-order valence-corrected chi connectivity index (χ0v) is 15.4. The van der Waals surface area contributed by atoms with Crippen LogP contribution in [0.5, 0.6) is 0 Å². The van der Waals surface area contributed by atoms with Crippen molar-refractivity contribution in [3.63, 3.8) is 0 Å². The van der Waals surface area contributed by atoms with Gasteiger partial charge in [0.2, 0.25) is 0 Å². The number of fused-ring (bicyclic) bond motifs is 1. The topological polar surface area (TPSA) is 73.2 Å². The van der Waals surface area contributed by atoms with Gasteiger partial charge >= 0.3 is 0 Å². The summed E-state index contributed by atoms with van der Waals surface area (Å²) in [5, 5.41) is 0.419. The van der Waals surface area contributed by atoms with Gasteiger partial charge in [-0.05, 0) is 37.3 Å². The number of aromatic nitrogens is 1. The van der Waals surface area contributed by atoms with Crippen LogP contribution in [0.1, 0.15) is 5.56 Å². The molecule has 1 heterocycles. The molecule has 2 aromatic carbocycles. The largest absolute Gasteiger partial charge is 0.268 e. The Hall–Kier alpha value is -1.54. The van der Waals surface area contributed by atoms with Crippen LogP contribution >= 0.6 is 22.3 Å². The van der Waals surface area contributed by atoms with Gasteiger partial charge in [-0.15, -0.1) is 0 Å². The quantitative estimate of drug-likeness (QED) is 0.623. The molecule has 0 saturated carbocycles. The Morgan fingerprint density at radius 2 is 1.58 bits per heavy atom. The minimum absolute atomic E-state index is 0.0403. The second-order valence-corrected chi connectivity index (χ2v) is 9.99. The Kier molecular flexibility index (Phi) is 4.16. The number of rotatable bonds is 3. The molecule has 0 amide bonds. The van der Waals surface area contributed by atoms with E-state index in [-0.39, 0.29) is 25.7 Å². The van der Waals surface area contributed by atoms with Gasteiger partial charge in [-0.2, -0.15) is 0 Å². The van der Waals surface area contributed by atoms with E-state index in [1.807, 2.05) is 6.92 Å². The first kappa shape index (κ1) is 17.3. The standard InChI is InChI=1S/C15H11Cl2NO4S2/c1-10-2-5-12(6-3-10)24(21,22)18-9-15(23(17,19)20)13-8-11(16)4-7-14(13)18/h2-9H,1H3. The summed E-state index contributed by atoms with van der Waals surface area (Å²) < 4.78 is 50.2. The van der Waals surface area contributed by atoms with Crippen molar-refractivity contribution in [2.45, 2.75) is 16.7 Å². The third-order valence-electron chi connectivity index (χ3n) is 3.54. The Balaban J connectivity index is 2.36. The van der Waals surface area contributed by atoms with E-state index in [1.54, 1.807) is 12.1 Å². The lowest BCUT2D eigenvalue weighted by Crippen LogP contribution is -2.11. The summed E-state index contributed by atoms with van der Waals surface area (Å²) in [4.78, 5) is -0.268. The van der Waals surface area contributed by atoms with E-state index in [4.69, 9.17) is 22.3 Å². The first-order valence-electron chi connectivity index (χ1n) is 6.68. The molecule has 0 radical (unpaired) electrons. The van der Waals surface area contributed by atoms with Gasteiger partial charge in [0.15, 0.2) is 0 Å². The van der Waals surface area contributed by atoms with Gasteiger partial charge < -0.3 is 0 Å². The molecule has 0 saturated heterocycles. The van der Waals surface area contributed by atoms with Crippen LogP contribution in [-0.2, 0) is 19.1 Å². The summed E-state index contributed by atoms with van der Waals surface area (Å²) in [7, 11) is -2.69. The lowest BCUT2D eigenvalue weighted by atomic mass is 10.2. The molecule has 0 aliphatic heterocycles. The molecule has 0 spiro atoms. The first-order valence-corrected chi connectivity index (χ1v) is 10.8. The zero-order chi connectivity index (χ0) is 17.7. The molecule has 5 nitrogen and oxygen atoms in total. The van der Waals surface area contributed by atoms with E-state index in [2.05, 4.69) is 0 Å². The van der Waals surface area contributed by atoms with Crippen LogP contribution in [0.15, 0.2) is 58.5 Å². The van der Waals surface area contributed by atoms with Gasteiger partial charge in [0.25, 0.3) is 19.1 Å². The summed E-state index contributed by atoms with van der Waals surface area (Å²) in [6, 6.07) is 10.5. The molecule has 0 fully saturated rings. The maximum atomic E-state index is 12.9. The predicted octanol–water partition coefficient (Wildman–Crippen LogP) is 3.77. The monoisotopic (exact) mass is 403 g/mol. The van der Waals surface area contributed by atoms with E-state index < -0.39 is 19.1 Å². The lowest BCUT2D eigenvalue weighted by molar-refractivity contribution is 0.589. The Bertz CT molecular complexity index is 1150. The molecule has 3 aromatic rings. The van der Waals surface area contributed by atoms with Gasteiger partial charge in [-0.3, -0.25) is 0 Å². The number of nitrogens with zero attached hydrogens (tertiary/aromatic N) is 1. The maximum Gasteiger partial charge on any atom is 0.268 e. The van der Waals surface area contributed by atoms with Crippen molar-refractivity contribution in [3.05, 3.63) is 59.2 Å². The van der Waals surface area contributed by atoms with Crippen LogP contribution in [-0.4, -0.2) is 20.8 Å². The summed E-state index contributed by atoms with van der Waals surface area (Å²) in [6.07, 6.45) is 0.999. The van der Waals surface area contributed by atoms with Crippen LogP contribution in [0, 0.1) is 6.92 Å². The van der Waals surface area contributed by atoms with Crippen LogP contribution < -0.4 is 0 Å². The number of aryl methyl sites for hydroxylation is 1. The minimum atomic E-state index is -4.15. The van der Waals surface area contributed by atoms with E-state index >= 15 is 0 Å². The van der Waals surface area contributed by atoms with Crippen molar-refractivity contribution >= 4 is 52.3 Å². The summed E-state index contributed by atoms with van der Waals surface area (Å²) in [6.45, 7) is 1.83. The van der Waals surface area contributed by atoms with Gasteiger partial charge in [-0.25, -0.2) is 20.8 Å². The Morgan fingerprint density at radius 3 is 2.17 bits per heavy atom. The molecule has 126 valence electrons. The molecular formula is C15H11Cl2NO4S2. The summed E-state index contributed by atoms with van der Waals surface area (Å²) in [5.74, 6) is 0. The van der Waals surface area contributed by atoms with E-state index in [0.717, 1.165) is 15.7 Å². The highest BCUT2D eigenvalue weighted by molar-refractivity contribution is 8.14. The van der Waals surface area contributed by atoms with Crippen LogP contribution in [0.3, 0.4) is 0 Å². The second kappa shape index (κ2) is 5.77. The summed E-state index contributed by atoms with van der Waals surface area (Å²) >= 11 is 5.90. The molecule has 0 N–H and O–H groups in total. The van der Waals surface area contributed by atoms with Crippen LogP contribution in [0.25, 0.3) is 10.9 Å². The molecule has 24 heavy (non-hydrogen) atoms. The van der Waals surface area contributed by atoms with Gasteiger partial charge in [-0.1, -0.05) is 29.3 Å². The molecule has 0 aliphatic rings. The van der Waals surface area contributed by atoms with Crippen LogP contribution in [0.2, 0.25) is 5.02 Å². The SMILES string of the molecule is Cc1ccc(S(=O)(=O)n2cc(S(=O)(=O)Cl)c3cc(Cl)ccc32)cc1. The van der Waals surface area contributed by atoms with Crippen molar-refractivity contribution in [2.75, 3.05) is 0 Å². The Morgan fingerprint density at radius 1 is 0.958 bits per heavy atom. The highest BCUT2D eigenvalue weighted by atomic mass is 35.7. The van der Waals surface area contributed by atoms with E-state index in [9.17, 15) is 16.8 Å². The molecule has 9 heteroatoms. The molecule has 3 rings (SSSR count). The molecule has 1 aromatic heterocycles. The Labute approximate surface area is 148 Å². The smallest absolute Gasteiger partial charge is 0.240 e. The average Bonchev–Trinajstić information content (AvgIpc) is 2.87. The highest BCUT2D eigenvalue weighted by Crippen LogP contribution is 2.32. The first-order chi connectivity index (χ1) is 11.1. The average molecular weight is 404 g/mol. The fourth-order valence-corrected chi connectivity index (χ4v) is 5.00. The van der Waals surface area contributed by atoms with Crippen molar-refractivity contribution in [1.29, 1.82) is 0 Å². The normalized spacial score (nSPS) is 12.6. The lowest BCUT2D eigenvalue weighted by Gasteiger charge is -2.07. The second-order valence-electron chi connectivity index (χ2n) is 5.21. The highest BCUT2D eigenvalue weighted by Gasteiger charge is 2.25. The molecule has 0 unspecified atom stereocenters. The summed E-state index contributed by atoms with van der Waals surface area (Å²) in [5.41, 5.74) is 1.08. The van der Waals surface area contributed by atoms with E-state index in [0.29, 0.717) is 0 Å². The maximum absolute atomic E-state index is 12.9. The van der Waals surface area contributed by atoms with Gasteiger partial charge in [0.05, 0.1) is 10.4 Å². The van der Waals surface area contributed by atoms with Crippen molar-refractivity contribution < 1.29 is 16.8 Å². The predicted molar refractivity (Wildman–Crippen MR) is 93.7 cm³/mol. The van der Waals surface area contributed by atoms with Crippen molar-refractivity contribution in [1.82, 2.24) is 3.97 Å². The molecule has 0 atom stereocenters. The number of hydrogen-bond donors (Lipinski definition) is 0. The molecular weight excluding hydrogens is 393 g/mol. The fourth-order valence-electron chi connectivity index (χ4n) is 2.36. The van der Waals surface area contributed by atoms with Crippen LogP contribution in [0.4, 0.5) is 0 Å².